The van der Waals surface area contributed by atoms with E-state index in [1.54, 1.807) is 0 Å². The highest BCUT2D eigenvalue weighted by atomic mass is 15.1. The maximum atomic E-state index is 2.36. The van der Waals surface area contributed by atoms with Gasteiger partial charge in [-0.2, -0.15) is 0 Å². The fraction of sp³-hybridized carbons (Fsp3) is 0.179. The molecule has 7 aromatic rings. The minimum absolute atomic E-state index is 0.494. The summed E-state index contributed by atoms with van der Waals surface area (Å²) in [5, 5.41) is 0. The van der Waals surface area contributed by atoms with E-state index < -0.39 is 0 Å². The molecule has 0 aromatic heterocycles. The van der Waals surface area contributed by atoms with Crippen LogP contribution in [-0.4, -0.2) is 0 Å². The molecule has 0 amide bonds. The summed E-state index contributed by atoms with van der Waals surface area (Å²) in [5.41, 5.74) is 19.3. The Balaban J connectivity index is 1.10. The van der Waals surface area contributed by atoms with Crippen molar-refractivity contribution in [3.8, 4) is 0 Å². The molecule has 58 heavy (non-hydrogen) atoms. The summed E-state index contributed by atoms with van der Waals surface area (Å²) >= 11 is 0. The molecule has 0 spiro atoms. The van der Waals surface area contributed by atoms with Gasteiger partial charge in [0.25, 0.3) is 0 Å². The van der Waals surface area contributed by atoms with Crippen molar-refractivity contribution in [2.24, 2.45) is 0 Å². The van der Waals surface area contributed by atoms with E-state index in [1.807, 2.05) is 0 Å². The summed E-state index contributed by atoms with van der Waals surface area (Å²) < 4.78 is 0. The van der Waals surface area contributed by atoms with Gasteiger partial charge in [-0.25, -0.2) is 0 Å². The van der Waals surface area contributed by atoms with Crippen LogP contribution in [0.15, 0.2) is 158 Å². The van der Waals surface area contributed by atoms with Crippen LogP contribution in [0.5, 0.6) is 0 Å². The summed E-state index contributed by atoms with van der Waals surface area (Å²) in [6.07, 6.45) is 8.90. The molecule has 0 radical (unpaired) electrons. The van der Waals surface area contributed by atoms with Crippen molar-refractivity contribution in [2.45, 2.75) is 67.2 Å². The third-order valence-electron chi connectivity index (χ3n) is 11.0. The largest absolute Gasteiger partial charge is 0.310 e. The smallest absolute Gasteiger partial charge is 0.0464 e. The molecule has 0 saturated heterocycles. The van der Waals surface area contributed by atoms with E-state index in [-0.39, 0.29) is 0 Å². The molecule has 0 aliphatic heterocycles. The molecular weight excluding hydrogens is 701 g/mol. The summed E-state index contributed by atoms with van der Waals surface area (Å²) in [6.45, 7) is 17.7. The van der Waals surface area contributed by atoms with E-state index in [2.05, 4.69) is 247 Å². The quantitative estimate of drug-likeness (QED) is 0.115. The zero-order chi connectivity index (χ0) is 40.8. The van der Waals surface area contributed by atoms with Gasteiger partial charge in [0, 0.05) is 34.1 Å². The highest BCUT2D eigenvalue weighted by Crippen LogP contribution is 2.38. The van der Waals surface area contributed by atoms with Crippen LogP contribution in [0.25, 0.3) is 24.3 Å². The van der Waals surface area contributed by atoms with Gasteiger partial charge in [-0.1, -0.05) is 131 Å². The number of rotatable bonds is 12. The Kier molecular flexibility index (Phi) is 12.2. The van der Waals surface area contributed by atoms with Gasteiger partial charge in [0.1, 0.15) is 0 Å². The average Bonchev–Trinajstić information content (AvgIpc) is 3.21. The molecule has 0 unspecified atom stereocenters. The average molecular weight is 757 g/mol. The van der Waals surface area contributed by atoms with Gasteiger partial charge in [-0.15, -0.1) is 0 Å². The van der Waals surface area contributed by atoms with Crippen LogP contribution in [0.4, 0.5) is 34.1 Å². The number of anilines is 6. The second-order valence-corrected chi connectivity index (χ2v) is 16.3. The Morgan fingerprint density at radius 2 is 0.707 bits per heavy atom. The summed E-state index contributed by atoms with van der Waals surface area (Å²) in [7, 11) is 0. The van der Waals surface area contributed by atoms with E-state index in [0.29, 0.717) is 11.8 Å². The molecule has 0 aliphatic carbocycles. The molecule has 0 fully saturated rings. The first kappa shape index (κ1) is 39.8. The molecule has 0 atom stereocenters. The molecule has 0 heterocycles. The van der Waals surface area contributed by atoms with E-state index in [0.717, 1.165) is 34.1 Å². The van der Waals surface area contributed by atoms with Crippen LogP contribution in [0.2, 0.25) is 0 Å². The van der Waals surface area contributed by atoms with Crippen molar-refractivity contribution >= 4 is 58.4 Å². The Labute approximate surface area is 347 Å². The number of aryl methyl sites for hydroxylation is 4. The van der Waals surface area contributed by atoms with Crippen LogP contribution < -0.4 is 9.80 Å². The molecule has 7 aromatic carbocycles. The topological polar surface area (TPSA) is 6.48 Å². The van der Waals surface area contributed by atoms with Gasteiger partial charge in [0.2, 0.25) is 0 Å². The third-order valence-corrected chi connectivity index (χ3v) is 11.0. The third kappa shape index (κ3) is 9.41. The second-order valence-electron chi connectivity index (χ2n) is 16.3. The minimum atomic E-state index is 0.494. The standard InChI is InChI=1S/C56H56N2/c1-39(2)47-22-28-51(29-23-47)57(53-16-9-12-41(5)34-53)55-32-26-49(43(7)36-55)20-18-45-14-11-15-46(38-45)19-21-50-27-33-56(37-44(50)8)58(54-17-10-13-42(6)35-54)52-30-24-48(25-31-52)40(3)4/h9-40H,1-8H3. The lowest BCUT2D eigenvalue weighted by Gasteiger charge is -2.27. The predicted molar refractivity (Wildman–Crippen MR) is 254 cm³/mol. The first-order chi connectivity index (χ1) is 28.0. The molecule has 2 nitrogen and oxygen atoms in total. The van der Waals surface area contributed by atoms with Crippen LogP contribution in [0.3, 0.4) is 0 Å². The van der Waals surface area contributed by atoms with Crippen molar-refractivity contribution in [3.05, 3.63) is 213 Å². The first-order valence-corrected chi connectivity index (χ1v) is 20.6. The molecule has 0 aliphatic rings. The van der Waals surface area contributed by atoms with E-state index in [9.17, 15) is 0 Å². The van der Waals surface area contributed by atoms with Gasteiger partial charge in [-0.3, -0.25) is 0 Å². The monoisotopic (exact) mass is 756 g/mol. The van der Waals surface area contributed by atoms with Crippen molar-refractivity contribution < 1.29 is 0 Å². The van der Waals surface area contributed by atoms with Gasteiger partial charge in [-0.05, 0) is 174 Å². The van der Waals surface area contributed by atoms with Crippen molar-refractivity contribution in [2.75, 3.05) is 9.80 Å². The minimum Gasteiger partial charge on any atom is -0.310 e. The Hall–Kier alpha value is -6.38. The summed E-state index contributed by atoms with van der Waals surface area (Å²) in [5.74, 6) is 0.989. The number of benzene rings is 7. The number of nitrogens with zero attached hydrogens (tertiary/aromatic N) is 2. The summed E-state index contributed by atoms with van der Waals surface area (Å²) in [6, 6.07) is 57.7. The maximum absolute atomic E-state index is 2.36. The van der Waals surface area contributed by atoms with Gasteiger partial charge >= 0.3 is 0 Å². The highest BCUT2D eigenvalue weighted by Gasteiger charge is 2.16. The molecule has 0 saturated carbocycles. The molecular formula is C56H56N2. The Bertz CT molecular complexity index is 2380. The van der Waals surface area contributed by atoms with Crippen molar-refractivity contribution in [1.82, 2.24) is 0 Å². The Morgan fingerprint density at radius 3 is 1.07 bits per heavy atom. The van der Waals surface area contributed by atoms with Crippen LogP contribution in [0, 0.1) is 27.7 Å². The number of hydrogen-bond donors (Lipinski definition) is 0. The molecule has 0 N–H and O–H groups in total. The lowest BCUT2D eigenvalue weighted by Crippen LogP contribution is -2.10. The van der Waals surface area contributed by atoms with Gasteiger partial charge in [0.15, 0.2) is 0 Å². The van der Waals surface area contributed by atoms with Gasteiger partial charge in [0.05, 0.1) is 0 Å². The fourth-order valence-electron chi connectivity index (χ4n) is 7.56. The fourth-order valence-corrected chi connectivity index (χ4v) is 7.56. The zero-order valence-electron chi connectivity index (χ0n) is 35.4. The molecule has 290 valence electrons. The SMILES string of the molecule is Cc1cccc(N(c2ccc(C(C)C)cc2)c2ccc(C=Cc3cccc(C=Cc4ccc(N(c5ccc(C(C)C)cc5)c5cccc(C)c5)cc4C)c3)c(C)c2)c1. The van der Waals surface area contributed by atoms with E-state index in [1.165, 1.54) is 55.6 Å². The lowest BCUT2D eigenvalue weighted by molar-refractivity contribution is 0.866. The second kappa shape index (κ2) is 17.8. The van der Waals surface area contributed by atoms with Crippen molar-refractivity contribution in [3.63, 3.8) is 0 Å². The maximum Gasteiger partial charge on any atom is 0.0464 e. The number of hydrogen-bond acceptors (Lipinski definition) is 2. The van der Waals surface area contributed by atoms with Gasteiger partial charge < -0.3 is 9.80 Å². The normalized spacial score (nSPS) is 11.6. The van der Waals surface area contributed by atoms with Crippen LogP contribution >= 0.6 is 0 Å². The molecule has 7 rings (SSSR count). The highest BCUT2D eigenvalue weighted by molar-refractivity contribution is 5.82. The molecule has 2 heteroatoms. The van der Waals surface area contributed by atoms with Crippen LogP contribution in [0.1, 0.15) is 95.2 Å². The van der Waals surface area contributed by atoms with E-state index in [4.69, 9.17) is 0 Å². The van der Waals surface area contributed by atoms with Crippen LogP contribution in [-0.2, 0) is 0 Å². The summed E-state index contributed by atoms with van der Waals surface area (Å²) in [4.78, 5) is 4.71. The molecule has 0 bridgehead atoms. The zero-order valence-corrected chi connectivity index (χ0v) is 35.4. The van der Waals surface area contributed by atoms with Crippen molar-refractivity contribution in [1.29, 1.82) is 0 Å². The first-order valence-electron chi connectivity index (χ1n) is 20.6. The van der Waals surface area contributed by atoms with E-state index >= 15 is 0 Å². The predicted octanol–water partition coefficient (Wildman–Crippen LogP) is 16.4. The Morgan fingerprint density at radius 1 is 0.345 bits per heavy atom. The lowest BCUT2D eigenvalue weighted by atomic mass is 10.0.